The number of nitrogens with one attached hydrogen (secondary N) is 1. The van der Waals surface area contributed by atoms with Crippen molar-refractivity contribution in [2.24, 2.45) is 5.92 Å². The van der Waals surface area contributed by atoms with Gasteiger partial charge in [-0.15, -0.1) is 0 Å². The number of piperidine rings is 1. The Balaban J connectivity index is 1.51. The molecule has 0 unspecified atom stereocenters. The molecule has 0 aliphatic carbocycles. The molecule has 1 aliphatic heterocycles. The van der Waals surface area contributed by atoms with Crippen molar-refractivity contribution in [3.8, 4) is 5.82 Å². The first kappa shape index (κ1) is 17.2. The predicted molar refractivity (Wildman–Crippen MR) is 103 cm³/mol. The summed E-state index contributed by atoms with van der Waals surface area (Å²) in [6, 6.07) is 11.6. The van der Waals surface area contributed by atoms with E-state index in [2.05, 4.69) is 27.2 Å². The van der Waals surface area contributed by atoms with Crippen molar-refractivity contribution in [3.63, 3.8) is 0 Å². The van der Waals surface area contributed by atoms with Gasteiger partial charge in [0.1, 0.15) is 30.0 Å². The maximum atomic E-state index is 12.7. The minimum absolute atomic E-state index is 0.0167. The summed E-state index contributed by atoms with van der Waals surface area (Å²) in [5.74, 6) is 1.86. The number of aromatic nitrogens is 4. The van der Waals surface area contributed by atoms with Gasteiger partial charge in [0.2, 0.25) is 0 Å². The number of nitrogens with zero attached hydrogens (tertiary/aromatic N) is 5. The Bertz CT molecular complexity index is 923. The number of likely N-dealkylation sites (tertiary alicyclic amines) is 1. The third-order valence-corrected chi connectivity index (χ3v) is 4.71. The van der Waals surface area contributed by atoms with Crippen LogP contribution in [0.1, 0.15) is 30.3 Å². The first-order valence-electron chi connectivity index (χ1n) is 9.17. The molecule has 1 aliphatic rings. The molecule has 7 heteroatoms. The van der Waals surface area contributed by atoms with Crippen LogP contribution in [-0.4, -0.2) is 43.4 Å². The molecule has 4 rings (SSSR count). The predicted octanol–water partition coefficient (Wildman–Crippen LogP) is 3.28. The van der Waals surface area contributed by atoms with Gasteiger partial charge in [0.15, 0.2) is 0 Å². The number of amides is 1. The Morgan fingerprint density at radius 3 is 2.85 bits per heavy atom. The number of benzene rings is 1. The molecule has 1 fully saturated rings. The van der Waals surface area contributed by atoms with Crippen LogP contribution >= 0.6 is 0 Å². The largest absolute Gasteiger partial charge is 0.340 e. The van der Waals surface area contributed by atoms with E-state index < -0.39 is 0 Å². The Morgan fingerprint density at radius 2 is 2.04 bits per heavy atom. The van der Waals surface area contributed by atoms with Crippen molar-refractivity contribution in [1.82, 2.24) is 24.4 Å². The highest BCUT2D eigenvalue weighted by Crippen LogP contribution is 2.19. The third kappa shape index (κ3) is 3.97. The Hall–Kier alpha value is -3.22. The van der Waals surface area contributed by atoms with Gasteiger partial charge in [-0.25, -0.2) is 15.0 Å². The Kier molecular flexibility index (Phi) is 4.82. The lowest BCUT2D eigenvalue weighted by Gasteiger charge is -2.30. The molecule has 1 N–H and O–H groups in total. The van der Waals surface area contributed by atoms with Gasteiger partial charge in [0.05, 0.1) is 0 Å². The van der Waals surface area contributed by atoms with Crippen LogP contribution in [0.4, 0.5) is 11.5 Å². The van der Waals surface area contributed by atoms with E-state index in [9.17, 15) is 4.79 Å². The molecule has 1 atom stereocenters. The quantitative estimate of drug-likeness (QED) is 0.771. The summed E-state index contributed by atoms with van der Waals surface area (Å²) in [4.78, 5) is 27.4. The van der Waals surface area contributed by atoms with Gasteiger partial charge in [-0.1, -0.05) is 25.1 Å². The van der Waals surface area contributed by atoms with Gasteiger partial charge in [0, 0.05) is 31.0 Å². The summed E-state index contributed by atoms with van der Waals surface area (Å²) >= 11 is 0. The third-order valence-electron chi connectivity index (χ3n) is 4.71. The summed E-state index contributed by atoms with van der Waals surface area (Å²) in [6.45, 7) is 3.78. The number of anilines is 2. The SMILES string of the molecule is C[C@@H]1CCCN(C(=O)c2cn(-c3cc(Nc4ccccc4)ncn3)cn2)C1. The molecule has 3 aromatic rings. The Labute approximate surface area is 158 Å². The molecule has 1 amide bonds. The first-order chi connectivity index (χ1) is 13.2. The van der Waals surface area contributed by atoms with Crippen LogP contribution in [0.3, 0.4) is 0 Å². The van der Waals surface area contributed by atoms with E-state index in [1.54, 1.807) is 17.1 Å². The van der Waals surface area contributed by atoms with E-state index in [-0.39, 0.29) is 5.91 Å². The van der Waals surface area contributed by atoms with Crippen molar-refractivity contribution < 1.29 is 4.79 Å². The second-order valence-corrected chi connectivity index (χ2v) is 6.92. The highest BCUT2D eigenvalue weighted by atomic mass is 16.2. The van der Waals surface area contributed by atoms with Gasteiger partial charge in [-0.2, -0.15) is 0 Å². The fraction of sp³-hybridized carbons (Fsp3) is 0.300. The second-order valence-electron chi connectivity index (χ2n) is 6.92. The Morgan fingerprint density at radius 1 is 1.19 bits per heavy atom. The van der Waals surface area contributed by atoms with Crippen molar-refractivity contribution in [2.75, 3.05) is 18.4 Å². The fourth-order valence-electron chi connectivity index (χ4n) is 3.32. The maximum Gasteiger partial charge on any atom is 0.274 e. The first-order valence-corrected chi connectivity index (χ1v) is 9.17. The maximum absolute atomic E-state index is 12.7. The van der Waals surface area contributed by atoms with Crippen LogP contribution in [-0.2, 0) is 0 Å². The number of carbonyl (C=O) groups is 1. The molecule has 0 bridgehead atoms. The van der Waals surface area contributed by atoms with E-state index in [1.807, 2.05) is 41.3 Å². The molecule has 0 spiro atoms. The zero-order valence-electron chi connectivity index (χ0n) is 15.2. The smallest absolute Gasteiger partial charge is 0.274 e. The van der Waals surface area contributed by atoms with Crippen LogP contribution in [0, 0.1) is 5.92 Å². The summed E-state index contributed by atoms with van der Waals surface area (Å²) < 4.78 is 1.75. The molecule has 0 saturated carbocycles. The molecule has 2 aromatic heterocycles. The number of hydrogen-bond acceptors (Lipinski definition) is 5. The zero-order chi connectivity index (χ0) is 18.6. The van der Waals surface area contributed by atoms with Crippen LogP contribution in [0.2, 0.25) is 0 Å². The van der Waals surface area contributed by atoms with Crippen LogP contribution < -0.4 is 5.32 Å². The molecular weight excluding hydrogens is 340 g/mol. The molecular formula is C20H22N6O. The van der Waals surface area contributed by atoms with Gasteiger partial charge >= 0.3 is 0 Å². The van der Waals surface area contributed by atoms with Gasteiger partial charge in [-0.05, 0) is 30.9 Å². The molecule has 27 heavy (non-hydrogen) atoms. The van der Waals surface area contributed by atoms with Gasteiger partial charge in [0.25, 0.3) is 5.91 Å². The van der Waals surface area contributed by atoms with Crippen molar-refractivity contribution in [3.05, 3.63) is 60.9 Å². The molecule has 1 aromatic carbocycles. The van der Waals surface area contributed by atoms with Gasteiger partial charge < -0.3 is 10.2 Å². The molecule has 7 nitrogen and oxygen atoms in total. The molecule has 138 valence electrons. The van der Waals surface area contributed by atoms with Crippen molar-refractivity contribution >= 4 is 17.4 Å². The minimum atomic E-state index is -0.0167. The number of rotatable bonds is 4. The number of imidazole rings is 1. The number of carbonyl (C=O) groups excluding carboxylic acids is 1. The molecule has 0 radical (unpaired) electrons. The molecule has 1 saturated heterocycles. The normalized spacial score (nSPS) is 16.9. The summed E-state index contributed by atoms with van der Waals surface area (Å²) in [6.07, 6.45) is 7.07. The fourth-order valence-corrected chi connectivity index (χ4v) is 3.32. The summed E-state index contributed by atoms with van der Waals surface area (Å²) in [5, 5.41) is 3.24. The van der Waals surface area contributed by atoms with Crippen LogP contribution in [0.5, 0.6) is 0 Å². The highest BCUT2D eigenvalue weighted by molar-refractivity contribution is 5.92. The van der Waals surface area contributed by atoms with Crippen molar-refractivity contribution in [2.45, 2.75) is 19.8 Å². The van der Waals surface area contributed by atoms with E-state index >= 15 is 0 Å². The standard InChI is InChI=1S/C20H22N6O/c1-15-6-5-9-25(11-15)20(27)17-12-26(14-23-17)19-10-18(21-13-22-19)24-16-7-3-2-4-8-16/h2-4,7-8,10,12-15H,5-6,9,11H2,1H3,(H,21,22,24)/t15-/m1/s1. The average molecular weight is 362 g/mol. The lowest BCUT2D eigenvalue weighted by molar-refractivity contribution is 0.0677. The second kappa shape index (κ2) is 7.57. The van der Waals surface area contributed by atoms with E-state index in [1.165, 1.54) is 12.7 Å². The highest BCUT2D eigenvalue weighted by Gasteiger charge is 2.23. The summed E-state index contributed by atoms with van der Waals surface area (Å²) in [5.41, 5.74) is 1.39. The minimum Gasteiger partial charge on any atom is -0.340 e. The topological polar surface area (TPSA) is 75.9 Å². The van der Waals surface area contributed by atoms with E-state index in [4.69, 9.17) is 0 Å². The van der Waals surface area contributed by atoms with E-state index in [0.29, 0.717) is 23.2 Å². The van der Waals surface area contributed by atoms with Crippen LogP contribution in [0.25, 0.3) is 5.82 Å². The van der Waals surface area contributed by atoms with Gasteiger partial charge in [-0.3, -0.25) is 9.36 Å². The number of para-hydroxylation sites is 1. The average Bonchev–Trinajstić information content (AvgIpc) is 3.19. The lowest BCUT2D eigenvalue weighted by Crippen LogP contribution is -2.39. The molecule has 3 heterocycles. The van der Waals surface area contributed by atoms with Crippen molar-refractivity contribution in [1.29, 1.82) is 0 Å². The summed E-state index contributed by atoms with van der Waals surface area (Å²) in [7, 11) is 0. The zero-order valence-corrected chi connectivity index (χ0v) is 15.2. The van der Waals surface area contributed by atoms with Crippen LogP contribution in [0.15, 0.2) is 55.2 Å². The lowest BCUT2D eigenvalue weighted by atomic mass is 10.0. The van der Waals surface area contributed by atoms with E-state index in [0.717, 1.165) is 25.2 Å². The number of hydrogen-bond donors (Lipinski definition) is 1. The monoisotopic (exact) mass is 362 g/mol.